The Morgan fingerprint density at radius 3 is 2.79 bits per heavy atom. The molecular formula is C15H21ClNO2+. The molecule has 0 aliphatic carbocycles. The summed E-state index contributed by atoms with van der Waals surface area (Å²) in [6.45, 7) is 5.24. The number of likely N-dealkylation sites (tertiary alicyclic amines) is 1. The predicted octanol–water partition coefficient (Wildman–Crippen LogP) is 1.95. The molecule has 1 aliphatic heterocycles. The molecule has 1 fully saturated rings. The first kappa shape index (κ1) is 14.4. The lowest BCUT2D eigenvalue weighted by Crippen LogP contribution is -3.13. The molecular weight excluding hydrogens is 262 g/mol. The molecule has 0 saturated carbocycles. The van der Waals surface area contributed by atoms with E-state index in [-0.39, 0.29) is 12.1 Å². The highest BCUT2D eigenvalue weighted by Gasteiger charge is 2.19. The van der Waals surface area contributed by atoms with Crippen LogP contribution in [0, 0.1) is 0 Å². The van der Waals surface area contributed by atoms with E-state index in [0.29, 0.717) is 10.6 Å². The Balaban J connectivity index is 1.84. The van der Waals surface area contributed by atoms with Gasteiger partial charge < -0.3 is 9.64 Å². The van der Waals surface area contributed by atoms with Crippen LogP contribution in [0.2, 0.25) is 5.02 Å². The molecule has 3 nitrogen and oxygen atoms in total. The third-order valence-electron chi connectivity index (χ3n) is 3.51. The van der Waals surface area contributed by atoms with E-state index in [1.54, 1.807) is 24.3 Å². The van der Waals surface area contributed by atoms with Gasteiger partial charge in [0.2, 0.25) is 0 Å². The van der Waals surface area contributed by atoms with Gasteiger partial charge in [-0.15, -0.1) is 0 Å². The molecule has 1 aromatic rings. The van der Waals surface area contributed by atoms with Gasteiger partial charge >= 0.3 is 5.97 Å². The van der Waals surface area contributed by atoms with Crippen LogP contribution in [0.1, 0.15) is 36.5 Å². The van der Waals surface area contributed by atoms with Crippen molar-refractivity contribution in [3.8, 4) is 0 Å². The second-order valence-corrected chi connectivity index (χ2v) is 5.68. The lowest BCUT2D eigenvalue weighted by Gasteiger charge is -2.26. The Labute approximate surface area is 119 Å². The van der Waals surface area contributed by atoms with Gasteiger partial charge in [0, 0.05) is 5.02 Å². The van der Waals surface area contributed by atoms with Crippen LogP contribution in [0.5, 0.6) is 0 Å². The number of carbonyl (C=O) groups is 1. The van der Waals surface area contributed by atoms with Crippen LogP contribution in [0.25, 0.3) is 0 Å². The molecule has 1 aromatic carbocycles. The highest BCUT2D eigenvalue weighted by molar-refractivity contribution is 6.30. The monoisotopic (exact) mass is 282 g/mol. The van der Waals surface area contributed by atoms with E-state index < -0.39 is 0 Å². The largest absolute Gasteiger partial charge is 0.453 e. The van der Waals surface area contributed by atoms with Gasteiger partial charge in [0.15, 0.2) is 0 Å². The molecule has 19 heavy (non-hydrogen) atoms. The Morgan fingerprint density at radius 1 is 1.37 bits per heavy atom. The summed E-state index contributed by atoms with van der Waals surface area (Å²) in [5.74, 6) is -0.286. The molecule has 0 spiro atoms. The minimum atomic E-state index is -0.286. The molecule has 1 aliphatic rings. The van der Waals surface area contributed by atoms with Crippen molar-refractivity contribution in [2.24, 2.45) is 0 Å². The SMILES string of the molecule is C[C@H](C[NH+]1CCCCC1)OC(=O)c1cccc(Cl)c1. The van der Waals surface area contributed by atoms with Crippen LogP contribution in [-0.2, 0) is 4.74 Å². The molecule has 0 radical (unpaired) electrons. The Kier molecular flexibility index (Phi) is 5.23. The summed E-state index contributed by atoms with van der Waals surface area (Å²) in [5.41, 5.74) is 0.521. The van der Waals surface area contributed by atoms with Crippen molar-refractivity contribution in [3.63, 3.8) is 0 Å². The van der Waals surface area contributed by atoms with Gasteiger partial charge in [0.25, 0.3) is 0 Å². The molecule has 104 valence electrons. The Hall–Kier alpha value is -1.06. The molecule has 2 rings (SSSR count). The number of carbonyl (C=O) groups excluding carboxylic acids is 1. The zero-order chi connectivity index (χ0) is 13.7. The molecule has 0 unspecified atom stereocenters. The summed E-state index contributed by atoms with van der Waals surface area (Å²) in [5, 5.41) is 0.559. The van der Waals surface area contributed by atoms with Gasteiger partial charge in [-0.2, -0.15) is 0 Å². The van der Waals surface area contributed by atoms with Crippen molar-refractivity contribution in [3.05, 3.63) is 34.9 Å². The molecule has 4 heteroatoms. The maximum atomic E-state index is 12.0. The number of esters is 1. The standard InChI is InChI=1S/C15H20ClNO2/c1-12(11-17-8-3-2-4-9-17)19-15(18)13-6-5-7-14(16)10-13/h5-7,10,12H,2-4,8-9,11H2,1H3/p+1/t12-/m1/s1. The maximum absolute atomic E-state index is 12.0. The zero-order valence-electron chi connectivity index (χ0n) is 11.3. The second kappa shape index (κ2) is 6.92. The molecule has 1 saturated heterocycles. The number of ether oxygens (including phenoxy) is 1. The quantitative estimate of drug-likeness (QED) is 0.856. The highest BCUT2D eigenvalue weighted by Crippen LogP contribution is 2.12. The van der Waals surface area contributed by atoms with Crippen molar-refractivity contribution >= 4 is 17.6 Å². The number of halogens is 1. The summed E-state index contributed by atoms with van der Waals surface area (Å²) in [6.07, 6.45) is 3.84. The number of hydrogen-bond donors (Lipinski definition) is 1. The van der Waals surface area contributed by atoms with E-state index in [1.807, 2.05) is 6.92 Å². The molecule has 1 atom stereocenters. The minimum Gasteiger partial charge on any atom is -0.453 e. The van der Waals surface area contributed by atoms with Gasteiger partial charge in [-0.05, 0) is 44.4 Å². The maximum Gasteiger partial charge on any atom is 0.338 e. The minimum absolute atomic E-state index is 0.0559. The first-order chi connectivity index (χ1) is 9.15. The summed E-state index contributed by atoms with van der Waals surface area (Å²) in [7, 11) is 0. The van der Waals surface area contributed by atoms with Crippen molar-refractivity contribution in [2.45, 2.75) is 32.3 Å². The molecule has 1 heterocycles. The smallest absolute Gasteiger partial charge is 0.338 e. The third-order valence-corrected chi connectivity index (χ3v) is 3.74. The van der Waals surface area contributed by atoms with Gasteiger partial charge in [0.1, 0.15) is 12.6 Å². The normalized spacial score (nSPS) is 18.0. The van der Waals surface area contributed by atoms with E-state index in [2.05, 4.69) is 0 Å². The third kappa shape index (κ3) is 4.51. The fraction of sp³-hybridized carbons (Fsp3) is 0.533. The number of hydrogen-bond acceptors (Lipinski definition) is 2. The van der Waals surface area contributed by atoms with Gasteiger partial charge in [-0.25, -0.2) is 4.79 Å². The van der Waals surface area contributed by atoms with Crippen molar-refractivity contribution in [2.75, 3.05) is 19.6 Å². The predicted molar refractivity (Wildman–Crippen MR) is 75.7 cm³/mol. The van der Waals surface area contributed by atoms with E-state index >= 15 is 0 Å². The molecule has 0 bridgehead atoms. The van der Waals surface area contributed by atoms with Crippen molar-refractivity contribution < 1.29 is 14.4 Å². The first-order valence-electron chi connectivity index (χ1n) is 6.95. The van der Waals surface area contributed by atoms with Gasteiger partial charge in [-0.1, -0.05) is 17.7 Å². The molecule has 1 N–H and O–H groups in total. The number of piperidine rings is 1. The average Bonchev–Trinajstić information content (AvgIpc) is 2.39. The second-order valence-electron chi connectivity index (χ2n) is 5.24. The van der Waals surface area contributed by atoms with E-state index in [1.165, 1.54) is 37.3 Å². The van der Waals surface area contributed by atoms with Crippen LogP contribution in [0.4, 0.5) is 0 Å². The lowest BCUT2D eigenvalue weighted by atomic mass is 10.1. The van der Waals surface area contributed by atoms with Crippen LogP contribution >= 0.6 is 11.6 Å². The van der Waals surface area contributed by atoms with Gasteiger partial charge in [0.05, 0.1) is 18.7 Å². The molecule has 0 aromatic heterocycles. The van der Waals surface area contributed by atoms with E-state index in [9.17, 15) is 4.79 Å². The summed E-state index contributed by atoms with van der Waals surface area (Å²) >= 11 is 5.87. The van der Waals surface area contributed by atoms with Crippen LogP contribution < -0.4 is 4.90 Å². The van der Waals surface area contributed by atoms with Gasteiger partial charge in [-0.3, -0.25) is 0 Å². The Bertz CT molecular complexity index is 430. The summed E-state index contributed by atoms with van der Waals surface area (Å²) in [4.78, 5) is 13.5. The zero-order valence-corrected chi connectivity index (χ0v) is 12.1. The van der Waals surface area contributed by atoms with E-state index in [4.69, 9.17) is 16.3 Å². The number of nitrogens with one attached hydrogen (secondary N) is 1. The molecule has 0 amide bonds. The van der Waals surface area contributed by atoms with Crippen molar-refractivity contribution in [1.82, 2.24) is 0 Å². The topological polar surface area (TPSA) is 30.7 Å². The van der Waals surface area contributed by atoms with Crippen LogP contribution in [0.3, 0.4) is 0 Å². The van der Waals surface area contributed by atoms with E-state index in [0.717, 1.165) is 6.54 Å². The average molecular weight is 283 g/mol. The number of rotatable bonds is 4. The van der Waals surface area contributed by atoms with Crippen molar-refractivity contribution in [1.29, 1.82) is 0 Å². The first-order valence-corrected chi connectivity index (χ1v) is 7.33. The fourth-order valence-electron chi connectivity index (χ4n) is 2.57. The van der Waals surface area contributed by atoms with Crippen LogP contribution in [0.15, 0.2) is 24.3 Å². The number of quaternary nitrogens is 1. The summed E-state index contributed by atoms with van der Waals surface area (Å²) in [6, 6.07) is 6.89. The fourth-order valence-corrected chi connectivity index (χ4v) is 2.76. The Morgan fingerprint density at radius 2 is 2.11 bits per heavy atom. The summed E-state index contributed by atoms with van der Waals surface area (Å²) < 4.78 is 5.48. The van der Waals surface area contributed by atoms with Crippen LogP contribution in [-0.4, -0.2) is 31.7 Å². The highest BCUT2D eigenvalue weighted by atomic mass is 35.5. The number of benzene rings is 1. The lowest BCUT2D eigenvalue weighted by molar-refractivity contribution is -0.907.